The van der Waals surface area contributed by atoms with Gasteiger partial charge >= 0.3 is 0 Å². The number of benzene rings is 2. The maximum atomic E-state index is 12.2. The van der Waals surface area contributed by atoms with Crippen molar-refractivity contribution in [2.75, 3.05) is 0 Å². The van der Waals surface area contributed by atoms with Crippen LogP contribution in [0.4, 0.5) is 0 Å². The third-order valence-corrected chi connectivity index (χ3v) is 4.30. The lowest BCUT2D eigenvalue weighted by Gasteiger charge is -2.13. The molecule has 0 radical (unpaired) electrons. The molecule has 1 N–H and O–H groups in total. The molecule has 1 amide bonds. The highest BCUT2D eigenvalue weighted by Gasteiger charge is 2.13. The molecule has 3 aromatic rings. The number of hydrogen-bond acceptors (Lipinski definition) is 4. The summed E-state index contributed by atoms with van der Waals surface area (Å²) in [6, 6.07) is 17.5. The van der Waals surface area contributed by atoms with E-state index >= 15 is 0 Å². The monoisotopic (exact) mass is 369 g/mol. The van der Waals surface area contributed by atoms with Crippen LogP contribution in [0.1, 0.15) is 18.9 Å². The van der Waals surface area contributed by atoms with Crippen LogP contribution in [0.2, 0.25) is 5.02 Å². The van der Waals surface area contributed by atoms with Crippen LogP contribution in [0.3, 0.4) is 0 Å². The van der Waals surface area contributed by atoms with Crippen LogP contribution < -0.4 is 5.32 Å². The summed E-state index contributed by atoms with van der Waals surface area (Å²) in [5.41, 5.74) is 1.95. The lowest BCUT2D eigenvalue weighted by molar-refractivity contribution is -0.122. The molecule has 2 aromatic carbocycles. The van der Waals surface area contributed by atoms with Gasteiger partial charge in [-0.25, -0.2) is 0 Å². The molecule has 0 bridgehead atoms. The van der Waals surface area contributed by atoms with E-state index in [1.807, 2.05) is 43.3 Å². The van der Waals surface area contributed by atoms with Gasteiger partial charge in [-0.15, -0.1) is 10.2 Å². The fraction of sp³-hybridized carbons (Fsp3) is 0.263. The van der Waals surface area contributed by atoms with Crippen LogP contribution in [0.5, 0.6) is 0 Å². The van der Waals surface area contributed by atoms with Gasteiger partial charge in [-0.1, -0.05) is 54.1 Å². The highest BCUT2D eigenvalue weighted by atomic mass is 35.5. The molecule has 0 aliphatic rings. The summed E-state index contributed by atoms with van der Waals surface area (Å²) in [6.45, 7) is 2.01. The first-order valence-electron chi connectivity index (χ1n) is 8.48. The summed E-state index contributed by atoms with van der Waals surface area (Å²) in [5.74, 6) is 0.259. The number of aryl methyl sites for hydroxylation is 1. The number of hydrogen-bond donors (Lipinski definition) is 1. The van der Waals surface area contributed by atoms with Gasteiger partial charge in [0.1, 0.15) is 6.54 Å². The van der Waals surface area contributed by atoms with Gasteiger partial charge in [0.25, 0.3) is 0 Å². The third-order valence-electron chi connectivity index (χ3n) is 3.97. The molecule has 0 saturated heterocycles. The second-order valence-corrected chi connectivity index (χ2v) is 6.52. The normalized spacial score (nSPS) is 11.9. The molecule has 1 aromatic heterocycles. The lowest BCUT2D eigenvalue weighted by atomic mass is 10.1. The molecular weight excluding hydrogens is 350 g/mol. The molecule has 6 nitrogen and oxygen atoms in total. The van der Waals surface area contributed by atoms with E-state index in [1.165, 1.54) is 10.4 Å². The van der Waals surface area contributed by atoms with Gasteiger partial charge in [-0.3, -0.25) is 4.79 Å². The molecule has 0 fully saturated rings. The Balaban J connectivity index is 1.51. The van der Waals surface area contributed by atoms with E-state index in [0.29, 0.717) is 16.4 Å². The van der Waals surface area contributed by atoms with Gasteiger partial charge in [0.15, 0.2) is 0 Å². The minimum atomic E-state index is -0.145. The van der Waals surface area contributed by atoms with Gasteiger partial charge in [0.05, 0.1) is 5.02 Å². The van der Waals surface area contributed by atoms with Gasteiger partial charge < -0.3 is 5.32 Å². The minimum absolute atomic E-state index is 0.0210. The Kier molecular flexibility index (Phi) is 5.96. The maximum absolute atomic E-state index is 12.2. The second kappa shape index (κ2) is 8.58. The summed E-state index contributed by atoms with van der Waals surface area (Å²) in [6.07, 6.45) is 1.78. The predicted octanol–water partition coefficient (Wildman–Crippen LogP) is 3.13. The standard InChI is InChI=1S/C19H20ClN5O/c1-14(11-12-15-7-3-2-4-8-15)21-18(26)13-25-23-19(22-24-25)16-9-5-6-10-17(16)20/h2-10,14H,11-13H2,1H3,(H,21,26)/t14-/m0/s1. The number of rotatable bonds is 7. The molecule has 134 valence electrons. The topological polar surface area (TPSA) is 72.7 Å². The SMILES string of the molecule is C[C@@H](CCc1ccccc1)NC(=O)Cn1nnc(-c2ccccc2Cl)n1. The molecule has 0 aliphatic carbocycles. The molecule has 0 saturated carbocycles. The number of nitrogens with one attached hydrogen (secondary N) is 1. The van der Waals surface area contributed by atoms with Crippen molar-refractivity contribution in [3.63, 3.8) is 0 Å². The third kappa shape index (κ3) is 4.89. The van der Waals surface area contributed by atoms with Crippen LogP contribution in [0.25, 0.3) is 11.4 Å². The number of aromatic nitrogens is 4. The van der Waals surface area contributed by atoms with Crippen molar-refractivity contribution in [2.24, 2.45) is 0 Å². The molecule has 0 unspecified atom stereocenters. The summed E-state index contributed by atoms with van der Waals surface area (Å²) in [7, 11) is 0. The van der Waals surface area contributed by atoms with Crippen molar-refractivity contribution in [1.29, 1.82) is 0 Å². The van der Waals surface area contributed by atoms with Crippen LogP contribution in [0, 0.1) is 0 Å². The van der Waals surface area contributed by atoms with Crippen LogP contribution in [-0.4, -0.2) is 32.2 Å². The lowest BCUT2D eigenvalue weighted by Crippen LogP contribution is -2.35. The summed E-state index contributed by atoms with van der Waals surface area (Å²) < 4.78 is 0. The van der Waals surface area contributed by atoms with Crippen molar-refractivity contribution >= 4 is 17.5 Å². The number of amides is 1. The van der Waals surface area contributed by atoms with E-state index < -0.39 is 0 Å². The van der Waals surface area contributed by atoms with E-state index in [-0.39, 0.29) is 18.5 Å². The quantitative estimate of drug-likeness (QED) is 0.694. The first kappa shape index (κ1) is 18.1. The Morgan fingerprint density at radius 3 is 2.65 bits per heavy atom. The Morgan fingerprint density at radius 1 is 1.15 bits per heavy atom. The number of halogens is 1. The zero-order valence-corrected chi connectivity index (χ0v) is 15.2. The zero-order chi connectivity index (χ0) is 18.4. The zero-order valence-electron chi connectivity index (χ0n) is 14.5. The Hall–Kier alpha value is -2.73. The molecule has 26 heavy (non-hydrogen) atoms. The van der Waals surface area contributed by atoms with Crippen molar-refractivity contribution in [2.45, 2.75) is 32.4 Å². The summed E-state index contributed by atoms with van der Waals surface area (Å²) in [4.78, 5) is 13.5. The highest BCUT2D eigenvalue weighted by Crippen LogP contribution is 2.23. The van der Waals surface area contributed by atoms with E-state index in [2.05, 4.69) is 32.9 Å². The molecule has 1 heterocycles. The van der Waals surface area contributed by atoms with Gasteiger partial charge in [0.2, 0.25) is 11.7 Å². The second-order valence-electron chi connectivity index (χ2n) is 6.12. The van der Waals surface area contributed by atoms with Gasteiger partial charge in [0, 0.05) is 11.6 Å². The van der Waals surface area contributed by atoms with Crippen LogP contribution in [0.15, 0.2) is 54.6 Å². The Morgan fingerprint density at radius 2 is 1.88 bits per heavy atom. The molecule has 0 spiro atoms. The fourth-order valence-electron chi connectivity index (χ4n) is 2.61. The average molecular weight is 370 g/mol. The average Bonchev–Trinajstić information content (AvgIpc) is 3.09. The smallest absolute Gasteiger partial charge is 0.243 e. The number of carbonyl (C=O) groups excluding carboxylic acids is 1. The van der Waals surface area contributed by atoms with Crippen LogP contribution >= 0.6 is 11.6 Å². The molecule has 7 heteroatoms. The molecular formula is C19H20ClN5O. The number of nitrogens with zero attached hydrogens (tertiary/aromatic N) is 4. The molecule has 0 aliphatic heterocycles. The summed E-state index contributed by atoms with van der Waals surface area (Å²) >= 11 is 6.13. The van der Waals surface area contributed by atoms with E-state index in [4.69, 9.17) is 11.6 Å². The largest absolute Gasteiger partial charge is 0.352 e. The van der Waals surface area contributed by atoms with Crippen molar-refractivity contribution in [3.8, 4) is 11.4 Å². The minimum Gasteiger partial charge on any atom is -0.352 e. The van der Waals surface area contributed by atoms with Gasteiger partial charge in [-0.2, -0.15) is 4.80 Å². The van der Waals surface area contributed by atoms with Crippen LogP contribution in [-0.2, 0) is 17.8 Å². The first-order chi connectivity index (χ1) is 12.6. The predicted molar refractivity (Wildman–Crippen MR) is 101 cm³/mol. The molecule has 1 atom stereocenters. The number of carbonyl (C=O) groups is 1. The number of tetrazole rings is 1. The molecule has 3 rings (SSSR count). The maximum Gasteiger partial charge on any atom is 0.243 e. The Bertz CT molecular complexity index is 865. The van der Waals surface area contributed by atoms with Crippen molar-refractivity contribution in [3.05, 3.63) is 65.2 Å². The van der Waals surface area contributed by atoms with Crippen molar-refractivity contribution in [1.82, 2.24) is 25.5 Å². The Labute approximate surface area is 157 Å². The highest BCUT2D eigenvalue weighted by molar-refractivity contribution is 6.33. The van der Waals surface area contributed by atoms with Gasteiger partial charge in [-0.05, 0) is 42.7 Å². The van der Waals surface area contributed by atoms with Crippen molar-refractivity contribution < 1.29 is 4.79 Å². The first-order valence-corrected chi connectivity index (χ1v) is 8.85. The van der Waals surface area contributed by atoms with E-state index in [9.17, 15) is 4.79 Å². The summed E-state index contributed by atoms with van der Waals surface area (Å²) in [5, 5.41) is 15.6. The van der Waals surface area contributed by atoms with E-state index in [1.54, 1.807) is 6.07 Å². The fourth-order valence-corrected chi connectivity index (χ4v) is 2.83. The van der Waals surface area contributed by atoms with E-state index in [0.717, 1.165) is 12.8 Å².